The van der Waals surface area contributed by atoms with Crippen LogP contribution in [0.3, 0.4) is 0 Å². The molecule has 1 aromatic rings. The van der Waals surface area contributed by atoms with E-state index in [0.29, 0.717) is 0 Å². The van der Waals surface area contributed by atoms with Gasteiger partial charge in [-0.2, -0.15) is 28.2 Å². The predicted octanol–water partition coefficient (Wildman–Crippen LogP) is 0.247. The molecule has 1 rings (SSSR count). The van der Waals surface area contributed by atoms with Crippen LogP contribution >= 0.6 is 0 Å². The minimum absolute atomic E-state index is 0.243. The Morgan fingerprint density at radius 3 is 2.62 bits per heavy atom. The van der Waals surface area contributed by atoms with Gasteiger partial charge >= 0.3 is 6.18 Å². The highest BCUT2D eigenvalue weighted by Gasteiger charge is 2.36. The zero-order valence-electron chi connectivity index (χ0n) is 6.91. The van der Waals surface area contributed by atoms with Gasteiger partial charge in [-0.05, 0) is 0 Å². The average molecular weight is 194 g/mol. The first-order valence-corrected chi connectivity index (χ1v) is 3.57. The monoisotopic (exact) mass is 194 g/mol. The van der Waals surface area contributed by atoms with Crippen LogP contribution in [-0.2, 0) is 13.5 Å². The molecule has 0 amide bonds. The van der Waals surface area contributed by atoms with Crippen LogP contribution in [0.5, 0.6) is 0 Å². The zero-order valence-corrected chi connectivity index (χ0v) is 6.91. The Balaban J connectivity index is 2.60. The summed E-state index contributed by atoms with van der Waals surface area (Å²) >= 11 is 0. The van der Waals surface area contributed by atoms with Crippen LogP contribution in [0.1, 0.15) is 5.69 Å². The molecular weight excluding hydrogens is 185 g/mol. The van der Waals surface area contributed by atoms with E-state index in [0.717, 1.165) is 0 Å². The third-order valence-corrected chi connectivity index (χ3v) is 1.50. The van der Waals surface area contributed by atoms with E-state index in [-0.39, 0.29) is 12.1 Å². The first kappa shape index (κ1) is 9.97. The van der Waals surface area contributed by atoms with E-state index in [1.165, 1.54) is 18.0 Å². The van der Waals surface area contributed by atoms with Crippen molar-refractivity contribution >= 4 is 0 Å². The highest BCUT2D eigenvalue weighted by molar-refractivity contribution is 4.96. The zero-order chi connectivity index (χ0) is 10.1. The first-order valence-electron chi connectivity index (χ1n) is 3.57. The van der Waals surface area contributed by atoms with Crippen molar-refractivity contribution in [2.75, 3.05) is 0 Å². The molecule has 1 unspecified atom stereocenters. The third kappa shape index (κ3) is 2.69. The van der Waals surface area contributed by atoms with E-state index >= 15 is 0 Å². The SMILES string of the molecule is Cn1ncc(CC(N)C(F)(F)F)n1. The topological polar surface area (TPSA) is 56.7 Å². The minimum atomic E-state index is -4.38. The standard InChI is InChI=1S/C6H9F3N4/c1-13-11-3-4(12-13)2-5(10)6(7,8)9/h3,5H,2,10H2,1H3. The lowest BCUT2D eigenvalue weighted by Crippen LogP contribution is -2.39. The van der Waals surface area contributed by atoms with Crippen molar-refractivity contribution in [3.8, 4) is 0 Å². The van der Waals surface area contributed by atoms with Gasteiger partial charge in [-0.15, -0.1) is 0 Å². The van der Waals surface area contributed by atoms with E-state index in [1.807, 2.05) is 0 Å². The second-order valence-corrected chi connectivity index (χ2v) is 2.68. The summed E-state index contributed by atoms with van der Waals surface area (Å²) in [6.45, 7) is 0. The van der Waals surface area contributed by atoms with Crippen molar-refractivity contribution in [2.45, 2.75) is 18.6 Å². The summed E-state index contributed by atoms with van der Waals surface area (Å²) in [6, 6.07) is -1.87. The van der Waals surface area contributed by atoms with Crippen LogP contribution in [0.25, 0.3) is 0 Å². The summed E-state index contributed by atoms with van der Waals surface area (Å²) in [5.41, 5.74) is 5.13. The van der Waals surface area contributed by atoms with Crippen LogP contribution < -0.4 is 5.73 Å². The molecule has 13 heavy (non-hydrogen) atoms. The van der Waals surface area contributed by atoms with Gasteiger partial charge in [0, 0.05) is 13.5 Å². The molecule has 1 atom stereocenters. The van der Waals surface area contributed by atoms with Crippen LogP contribution in [0.15, 0.2) is 6.20 Å². The number of halogens is 3. The number of nitrogens with two attached hydrogens (primary N) is 1. The number of hydrogen-bond acceptors (Lipinski definition) is 3. The normalized spacial score (nSPS) is 14.5. The molecule has 0 aliphatic rings. The van der Waals surface area contributed by atoms with Crippen LogP contribution in [0.2, 0.25) is 0 Å². The maximum atomic E-state index is 12.0. The summed E-state index contributed by atoms with van der Waals surface area (Å²) in [4.78, 5) is 1.19. The number of alkyl halides is 3. The Labute approximate surface area is 72.5 Å². The predicted molar refractivity (Wildman–Crippen MR) is 38.7 cm³/mol. The van der Waals surface area contributed by atoms with E-state index in [9.17, 15) is 13.2 Å². The lowest BCUT2D eigenvalue weighted by atomic mass is 10.2. The van der Waals surface area contributed by atoms with Gasteiger partial charge < -0.3 is 5.73 Å². The second-order valence-electron chi connectivity index (χ2n) is 2.68. The Morgan fingerprint density at radius 2 is 2.23 bits per heavy atom. The molecule has 0 aromatic carbocycles. The van der Waals surface area contributed by atoms with Gasteiger partial charge in [-0.25, -0.2) is 0 Å². The molecule has 0 aliphatic carbocycles. The fourth-order valence-electron chi connectivity index (χ4n) is 0.822. The van der Waals surface area contributed by atoms with Gasteiger partial charge in [0.05, 0.1) is 11.9 Å². The molecule has 4 nitrogen and oxygen atoms in total. The molecule has 0 fully saturated rings. The number of nitrogens with zero attached hydrogens (tertiary/aromatic N) is 3. The van der Waals surface area contributed by atoms with Gasteiger partial charge in [-0.1, -0.05) is 0 Å². The molecule has 0 bridgehead atoms. The Hall–Kier alpha value is -1.11. The largest absolute Gasteiger partial charge is 0.404 e. The first-order chi connectivity index (χ1) is 5.89. The van der Waals surface area contributed by atoms with E-state index < -0.39 is 12.2 Å². The van der Waals surface area contributed by atoms with Crippen molar-refractivity contribution < 1.29 is 13.2 Å². The van der Waals surface area contributed by atoms with Crippen LogP contribution in [0.4, 0.5) is 13.2 Å². The van der Waals surface area contributed by atoms with Crippen molar-refractivity contribution in [1.82, 2.24) is 15.0 Å². The van der Waals surface area contributed by atoms with E-state index in [4.69, 9.17) is 5.73 Å². The molecule has 1 heterocycles. The molecule has 0 radical (unpaired) electrons. The van der Waals surface area contributed by atoms with Crippen molar-refractivity contribution in [1.29, 1.82) is 0 Å². The number of aromatic nitrogens is 3. The molecule has 74 valence electrons. The molecule has 0 saturated heterocycles. The number of rotatable bonds is 2. The van der Waals surface area contributed by atoms with Crippen LogP contribution in [-0.4, -0.2) is 27.2 Å². The quantitative estimate of drug-likeness (QED) is 0.734. The molecule has 7 heteroatoms. The van der Waals surface area contributed by atoms with Crippen LogP contribution in [0, 0.1) is 0 Å². The Kier molecular flexibility index (Phi) is 2.55. The minimum Gasteiger partial charge on any atom is -0.320 e. The van der Waals surface area contributed by atoms with E-state index in [1.54, 1.807) is 0 Å². The fraction of sp³-hybridized carbons (Fsp3) is 0.667. The molecule has 0 saturated carbocycles. The summed E-state index contributed by atoms with van der Waals surface area (Å²) in [6.07, 6.45) is -3.44. The van der Waals surface area contributed by atoms with E-state index in [2.05, 4.69) is 10.2 Å². The summed E-state index contributed by atoms with van der Waals surface area (Å²) in [7, 11) is 1.53. The molecular formula is C6H9F3N4. The van der Waals surface area contributed by atoms with Crippen molar-refractivity contribution in [3.63, 3.8) is 0 Å². The second kappa shape index (κ2) is 3.33. The molecule has 2 N–H and O–H groups in total. The smallest absolute Gasteiger partial charge is 0.320 e. The average Bonchev–Trinajstić information content (AvgIpc) is 2.33. The third-order valence-electron chi connectivity index (χ3n) is 1.50. The van der Waals surface area contributed by atoms with Gasteiger partial charge in [0.2, 0.25) is 0 Å². The summed E-state index contributed by atoms with van der Waals surface area (Å²) < 4.78 is 35.9. The lowest BCUT2D eigenvalue weighted by molar-refractivity contribution is -0.147. The summed E-state index contributed by atoms with van der Waals surface area (Å²) in [5, 5.41) is 7.32. The fourth-order valence-corrected chi connectivity index (χ4v) is 0.822. The molecule has 1 aromatic heterocycles. The Bertz CT molecular complexity index is 280. The lowest BCUT2D eigenvalue weighted by Gasteiger charge is -2.13. The van der Waals surface area contributed by atoms with Gasteiger partial charge in [0.25, 0.3) is 0 Å². The van der Waals surface area contributed by atoms with Crippen molar-refractivity contribution in [3.05, 3.63) is 11.9 Å². The molecule has 0 aliphatic heterocycles. The van der Waals surface area contributed by atoms with Crippen molar-refractivity contribution in [2.24, 2.45) is 12.8 Å². The highest BCUT2D eigenvalue weighted by Crippen LogP contribution is 2.20. The maximum absolute atomic E-state index is 12.0. The van der Waals surface area contributed by atoms with Gasteiger partial charge in [0.15, 0.2) is 0 Å². The Morgan fingerprint density at radius 1 is 1.62 bits per heavy atom. The highest BCUT2D eigenvalue weighted by atomic mass is 19.4. The van der Waals surface area contributed by atoms with Gasteiger partial charge in [-0.3, -0.25) is 0 Å². The maximum Gasteiger partial charge on any atom is 0.404 e. The van der Waals surface area contributed by atoms with Gasteiger partial charge in [0.1, 0.15) is 6.04 Å². The number of aryl methyl sites for hydroxylation is 1. The summed E-state index contributed by atoms with van der Waals surface area (Å²) in [5.74, 6) is 0. The molecule has 0 spiro atoms. The number of hydrogen-bond donors (Lipinski definition) is 1.